The molecule has 0 saturated carbocycles. The van der Waals surface area contributed by atoms with Gasteiger partial charge in [-0.3, -0.25) is 9.78 Å². The Balaban J connectivity index is 2.06. The van der Waals surface area contributed by atoms with Gasteiger partial charge >= 0.3 is 0 Å². The molecular weight excluding hydrogens is 233 g/mol. The summed E-state index contributed by atoms with van der Waals surface area (Å²) in [5.74, 6) is -0.737. The SMILES string of the molecule is O=C(c1cncc(F)c1)c1cc2ccccc2o1. The van der Waals surface area contributed by atoms with Gasteiger partial charge in [0.2, 0.25) is 5.78 Å². The minimum absolute atomic E-state index is 0.175. The van der Waals surface area contributed by atoms with Gasteiger partial charge in [-0.2, -0.15) is 0 Å². The lowest BCUT2D eigenvalue weighted by atomic mass is 10.1. The Morgan fingerprint density at radius 3 is 2.78 bits per heavy atom. The lowest BCUT2D eigenvalue weighted by Gasteiger charge is -1.96. The number of aromatic nitrogens is 1. The number of para-hydroxylation sites is 1. The van der Waals surface area contributed by atoms with Crippen LogP contribution in [0.3, 0.4) is 0 Å². The summed E-state index contributed by atoms with van der Waals surface area (Å²) in [5, 5.41) is 0.838. The van der Waals surface area contributed by atoms with Gasteiger partial charge in [-0.25, -0.2) is 4.39 Å². The molecule has 3 aromatic rings. The molecule has 0 N–H and O–H groups in total. The molecule has 0 amide bonds. The highest BCUT2D eigenvalue weighted by Crippen LogP contribution is 2.21. The Hall–Kier alpha value is -2.49. The van der Waals surface area contributed by atoms with Crippen molar-refractivity contribution in [1.29, 1.82) is 0 Å². The van der Waals surface area contributed by atoms with Gasteiger partial charge in [-0.05, 0) is 18.2 Å². The average molecular weight is 241 g/mol. The van der Waals surface area contributed by atoms with Crippen LogP contribution in [-0.4, -0.2) is 10.8 Å². The van der Waals surface area contributed by atoms with E-state index in [1.165, 1.54) is 6.20 Å². The Labute approximate surface area is 102 Å². The fourth-order valence-electron chi connectivity index (χ4n) is 1.77. The number of hydrogen-bond donors (Lipinski definition) is 0. The molecule has 3 nitrogen and oxygen atoms in total. The van der Waals surface area contributed by atoms with Crippen molar-refractivity contribution in [3.05, 3.63) is 65.9 Å². The van der Waals surface area contributed by atoms with Crippen LogP contribution in [0.4, 0.5) is 4.39 Å². The molecule has 2 heterocycles. The molecule has 0 fully saturated rings. The van der Waals surface area contributed by atoms with E-state index in [4.69, 9.17) is 4.42 Å². The lowest BCUT2D eigenvalue weighted by molar-refractivity contribution is 0.101. The smallest absolute Gasteiger partial charge is 0.229 e. The van der Waals surface area contributed by atoms with E-state index in [0.29, 0.717) is 5.58 Å². The van der Waals surface area contributed by atoms with Crippen molar-refractivity contribution >= 4 is 16.8 Å². The van der Waals surface area contributed by atoms with Gasteiger partial charge in [0.05, 0.1) is 6.20 Å². The summed E-state index contributed by atoms with van der Waals surface area (Å²) in [5.41, 5.74) is 0.805. The molecule has 1 aromatic carbocycles. The van der Waals surface area contributed by atoms with Crippen LogP contribution in [-0.2, 0) is 0 Å². The van der Waals surface area contributed by atoms with E-state index in [1.54, 1.807) is 12.1 Å². The second kappa shape index (κ2) is 4.07. The van der Waals surface area contributed by atoms with Crippen LogP contribution in [0.15, 0.2) is 53.2 Å². The Bertz CT molecular complexity index is 700. The zero-order chi connectivity index (χ0) is 12.5. The highest BCUT2D eigenvalue weighted by Gasteiger charge is 2.15. The monoisotopic (exact) mass is 241 g/mol. The third kappa shape index (κ3) is 1.78. The van der Waals surface area contributed by atoms with Crippen LogP contribution < -0.4 is 0 Å². The highest BCUT2D eigenvalue weighted by molar-refractivity contribution is 6.08. The number of ketones is 1. The van der Waals surface area contributed by atoms with Crippen LogP contribution in [0.25, 0.3) is 11.0 Å². The van der Waals surface area contributed by atoms with Crippen molar-refractivity contribution in [3.8, 4) is 0 Å². The predicted molar refractivity (Wildman–Crippen MR) is 63.8 cm³/mol. The van der Waals surface area contributed by atoms with Gasteiger partial charge in [0, 0.05) is 17.1 Å². The molecule has 2 aromatic heterocycles. The number of fused-ring (bicyclic) bond motifs is 1. The highest BCUT2D eigenvalue weighted by atomic mass is 19.1. The fourth-order valence-corrected chi connectivity index (χ4v) is 1.77. The molecule has 0 aliphatic rings. The number of furan rings is 1. The fraction of sp³-hybridized carbons (Fsp3) is 0. The zero-order valence-corrected chi connectivity index (χ0v) is 9.26. The Kier molecular flexibility index (Phi) is 2.41. The van der Waals surface area contributed by atoms with Crippen LogP contribution in [0.5, 0.6) is 0 Å². The first-order valence-electron chi connectivity index (χ1n) is 5.38. The Morgan fingerprint density at radius 2 is 2.00 bits per heavy atom. The molecule has 0 atom stereocenters. The number of hydrogen-bond acceptors (Lipinski definition) is 3. The molecule has 0 bridgehead atoms. The zero-order valence-electron chi connectivity index (χ0n) is 9.26. The summed E-state index contributed by atoms with van der Waals surface area (Å²) in [4.78, 5) is 15.7. The van der Waals surface area contributed by atoms with Crippen molar-refractivity contribution in [2.24, 2.45) is 0 Å². The summed E-state index contributed by atoms with van der Waals surface area (Å²) < 4.78 is 18.4. The van der Waals surface area contributed by atoms with E-state index < -0.39 is 5.82 Å². The first-order chi connectivity index (χ1) is 8.74. The van der Waals surface area contributed by atoms with Crippen LogP contribution in [0.1, 0.15) is 16.1 Å². The van der Waals surface area contributed by atoms with Crippen molar-refractivity contribution in [3.63, 3.8) is 0 Å². The van der Waals surface area contributed by atoms with Gasteiger partial charge in [0.25, 0.3) is 0 Å². The van der Waals surface area contributed by atoms with Crippen LogP contribution in [0.2, 0.25) is 0 Å². The van der Waals surface area contributed by atoms with Crippen molar-refractivity contribution in [1.82, 2.24) is 4.98 Å². The number of carbonyl (C=O) groups is 1. The van der Waals surface area contributed by atoms with Crippen molar-refractivity contribution < 1.29 is 13.6 Å². The molecule has 0 unspecified atom stereocenters. The molecule has 0 spiro atoms. The standard InChI is InChI=1S/C14H8FNO2/c15-11-5-10(7-16-8-11)14(17)13-6-9-3-1-2-4-12(9)18-13/h1-8H. The van der Waals surface area contributed by atoms with E-state index in [2.05, 4.69) is 4.98 Å². The average Bonchev–Trinajstić information content (AvgIpc) is 2.81. The molecule has 0 aliphatic heterocycles. The summed E-state index contributed by atoms with van der Waals surface area (Å²) in [6.45, 7) is 0. The second-order valence-corrected chi connectivity index (χ2v) is 3.87. The summed E-state index contributed by atoms with van der Waals surface area (Å²) in [7, 11) is 0. The van der Waals surface area contributed by atoms with Crippen molar-refractivity contribution in [2.45, 2.75) is 0 Å². The third-order valence-corrected chi connectivity index (χ3v) is 2.62. The third-order valence-electron chi connectivity index (χ3n) is 2.62. The van der Waals surface area contributed by atoms with E-state index in [1.807, 2.05) is 18.2 Å². The quantitative estimate of drug-likeness (QED) is 0.647. The number of benzene rings is 1. The normalized spacial score (nSPS) is 10.7. The molecule has 4 heteroatoms. The number of nitrogens with zero attached hydrogens (tertiary/aromatic N) is 1. The topological polar surface area (TPSA) is 43.1 Å². The molecule has 88 valence electrons. The van der Waals surface area contributed by atoms with Gasteiger partial charge in [0.1, 0.15) is 11.4 Å². The van der Waals surface area contributed by atoms with Crippen LogP contribution in [0, 0.1) is 5.82 Å². The first-order valence-corrected chi connectivity index (χ1v) is 5.38. The number of halogens is 1. The Morgan fingerprint density at radius 1 is 1.17 bits per heavy atom. The van der Waals surface area contributed by atoms with Gasteiger partial charge in [-0.1, -0.05) is 18.2 Å². The number of rotatable bonds is 2. The molecule has 3 rings (SSSR count). The van der Waals surface area contributed by atoms with Gasteiger partial charge in [-0.15, -0.1) is 0 Å². The van der Waals surface area contributed by atoms with Gasteiger partial charge in [0.15, 0.2) is 5.76 Å². The minimum Gasteiger partial charge on any atom is -0.453 e. The molecule has 0 radical (unpaired) electrons. The predicted octanol–water partition coefficient (Wildman–Crippen LogP) is 3.20. The van der Waals surface area contributed by atoms with Crippen molar-refractivity contribution in [2.75, 3.05) is 0 Å². The second-order valence-electron chi connectivity index (χ2n) is 3.87. The number of carbonyl (C=O) groups excluding carboxylic acids is 1. The maximum Gasteiger partial charge on any atom is 0.229 e. The first kappa shape index (κ1) is 10.7. The molecule has 0 aliphatic carbocycles. The minimum atomic E-state index is -0.544. The van der Waals surface area contributed by atoms with E-state index >= 15 is 0 Å². The lowest BCUT2D eigenvalue weighted by Crippen LogP contribution is -2.00. The summed E-state index contributed by atoms with van der Waals surface area (Å²) >= 11 is 0. The van der Waals surface area contributed by atoms with E-state index in [9.17, 15) is 9.18 Å². The van der Waals surface area contributed by atoms with Crippen LogP contribution >= 0.6 is 0 Å². The molecule has 0 saturated heterocycles. The molecular formula is C14H8FNO2. The summed E-state index contributed by atoms with van der Waals surface area (Å²) in [6, 6.07) is 10.1. The van der Waals surface area contributed by atoms with E-state index in [0.717, 1.165) is 17.6 Å². The maximum atomic E-state index is 13.0. The van der Waals surface area contributed by atoms with E-state index in [-0.39, 0.29) is 17.1 Å². The number of pyridine rings is 1. The maximum absolute atomic E-state index is 13.0. The molecule has 18 heavy (non-hydrogen) atoms. The van der Waals surface area contributed by atoms with Gasteiger partial charge < -0.3 is 4.42 Å². The summed E-state index contributed by atoms with van der Waals surface area (Å²) in [6.07, 6.45) is 2.37. The largest absolute Gasteiger partial charge is 0.453 e.